The normalized spacial score (nSPS) is 12.1. The van der Waals surface area contributed by atoms with E-state index < -0.39 is 23.0 Å². The number of aromatic carboxylic acids is 1. The first-order valence-electron chi connectivity index (χ1n) is 5.12. The van der Waals surface area contributed by atoms with Gasteiger partial charge in [-0.1, -0.05) is 0 Å². The van der Waals surface area contributed by atoms with Crippen molar-refractivity contribution in [3.8, 4) is 5.75 Å². The Labute approximate surface area is 128 Å². The summed E-state index contributed by atoms with van der Waals surface area (Å²) < 4.78 is 22.6. The molecule has 1 aromatic heterocycles. The molecule has 0 fully saturated rings. The third-order valence-electron chi connectivity index (χ3n) is 2.39. The van der Waals surface area contributed by atoms with Crippen molar-refractivity contribution < 1.29 is 23.8 Å². The van der Waals surface area contributed by atoms with Gasteiger partial charge in [-0.2, -0.15) is 0 Å². The maximum absolute atomic E-state index is 11.5. The molecule has 1 atom stereocenters. The SMILES string of the molecule is O=C(O)c1ccc(N(c2sccc2Br)S(=O)O)cc1O. The molecule has 0 amide bonds. The first-order chi connectivity index (χ1) is 9.41. The summed E-state index contributed by atoms with van der Waals surface area (Å²) in [6.07, 6.45) is 0. The monoisotopic (exact) mass is 377 g/mol. The highest BCUT2D eigenvalue weighted by Crippen LogP contribution is 2.39. The zero-order chi connectivity index (χ0) is 14.9. The Morgan fingerprint density at radius 1 is 1.35 bits per heavy atom. The van der Waals surface area contributed by atoms with E-state index in [1.54, 1.807) is 11.4 Å². The molecule has 0 bridgehead atoms. The molecule has 1 aromatic carbocycles. The molecule has 1 heterocycles. The fraction of sp³-hybridized carbons (Fsp3) is 0. The summed E-state index contributed by atoms with van der Waals surface area (Å²) in [6.45, 7) is 0. The van der Waals surface area contributed by atoms with Crippen molar-refractivity contribution >= 4 is 55.2 Å². The van der Waals surface area contributed by atoms with Crippen LogP contribution in [0.15, 0.2) is 34.1 Å². The first-order valence-corrected chi connectivity index (χ1v) is 7.86. The molecule has 6 nitrogen and oxygen atoms in total. The van der Waals surface area contributed by atoms with E-state index in [2.05, 4.69) is 15.9 Å². The van der Waals surface area contributed by atoms with Gasteiger partial charge in [0.05, 0.1) is 10.2 Å². The van der Waals surface area contributed by atoms with Crippen molar-refractivity contribution in [2.75, 3.05) is 4.31 Å². The molecular weight excluding hydrogens is 370 g/mol. The quantitative estimate of drug-likeness (QED) is 0.710. The van der Waals surface area contributed by atoms with Gasteiger partial charge in [0.15, 0.2) is 0 Å². The van der Waals surface area contributed by atoms with Gasteiger partial charge in [-0.15, -0.1) is 11.3 Å². The van der Waals surface area contributed by atoms with Crippen molar-refractivity contribution in [1.29, 1.82) is 0 Å². The van der Waals surface area contributed by atoms with Gasteiger partial charge in [-0.3, -0.25) is 4.55 Å². The molecule has 20 heavy (non-hydrogen) atoms. The summed E-state index contributed by atoms with van der Waals surface area (Å²) in [4.78, 5) is 10.8. The fourth-order valence-corrected chi connectivity index (χ4v) is 3.99. The maximum Gasteiger partial charge on any atom is 0.339 e. The molecule has 0 aliphatic carbocycles. The molecule has 3 N–H and O–H groups in total. The number of carboxylic acids is 1. The van der Waals surface area contributed by atoms with Crippen LogP contribution >= 0.6 is 27.3 Å². The molecule has 0 saturated carbocycles. The van der Waals surface area contributed by atoms with Gasteiger partial charge in [0.2, 0.25) is 0 Å². The first kappa shape index (κ1) is 15.0. The van der Waals surface area contributed by atoms with E-state index in [-0.39, 0.29) is 11.3 Å². The average molecular weight is 378 g/mol. The fourth-order valence-electron chi connectivity index (χ4n) is 1.54. The lowest BCUT2D eigenvalue weighted by Crippen LogP contribution is -2.18. The van der Waals surface area contributed by atoms with E-state index in [4.69, 9.17) is 5.11 Å². The lowest BCUT2D eigenvalue weighted by molar-refractivity contribution is 0.0694. The van der Waals surface area contributed by atoms with Gasteiger partial charge in [0.1, 0.15) is 16.3 Å². The van der Waals surface area contributed by atoms with Crippen molar-refractivity contribution in [3.05, 3.63) is 39.7 Å². The Morgan fingerprint density at radius 2 is 2.05 bits per heavy atom. The van der Waals surface area contributed by atoms with Crippen LogP contribution in [0.4, 0.5) is 10.7 Å². The van der Waals surface area contributed by atoms with Gasteiger partial charge in [0, 0.05) is 6.07 Å². The smallest absolute Gasteiger partial charge is 0.339 e. The van der Waals surface area contributed by atoms with Gasteiger partial charge in [-0.25, -0.2) is 13.3 Å². The Hall–Kier alpha value is -1.42. The molecule has 0 aliphatic rings. The van der Waals surface area contributed by atoms with E-state index in [9.17, 15) is 18.7 Å². The predicted molar refractivity (Wildman–Crippen MR) is 80.0 cm³/mol. The van der Waals surface area contributed by atoms with Crippen LogP contribution in [0.3, 0.4) is 0 Å². The number of aromatic hydroxyl groups is 1. The molecular formula is C11H8BrNO5S2. The van der Waals surface area contributed by atoms with Crippen LogP contribution in [-0.2, 0) is 11.3 Å². The van der Waals surface area contributed by atoms with E-state index in [1.807, 2.05) is 0 Å². The van der Waals surface area contributed by atoms with Crippen LogP contribution in [0.25, 0.3) is 0 Å². The number of anilines is 2. The van der Waals surface area contributed by atoms with Crippen molar-refractivity contribution in [3.63, 3.8) is 0 Å². The lowest BCUT2D eigenvalue weighted by atomic mass is 10.2. The number of phenols is 1. The minimum absolute atomic E-state index is 0.205. The summed E-state index contributed by atoms with van der Waals surface area (Å²) in [7, 11) is 0. The third-order valence-corrected chi connectivity index (χ3v) is 5.01. The summed E-state index contributed by atoms with van der Waals surface area (Å²) >= 11 is 2.12. The Morgan fingerprint density at radius 3 is 2.50 bits per heavy atom. The molecule has 0 spiro atoms. The van der Waals surface area contributed by atoms with Gasteiger partial charge < -0.3 is 10.2 Å². The molecule has 2 aromatic rings. The van der Waals surface area contributed by atoms with E-state index in [1.165, 1.54) is 23.5 Å². The number of rotatable bonds is 4. The highest BCUT2D eigenvalue weighted by atomic mass is 79.9. The van der Waals surface area contributed by atoms with Crippen LogP contribution in [0.2, 0.25) is 0 Å². The minimum Gasteiger partial charge on any atom is -0.507 e. The number of nitrogens with zero attached hydrogens (tertiary/aromatic N) is 1. The summed E-state index contributed by atoms with van der Waals surface area (Å²) in [6, 6.07) is 5.37. The van der Waals surface area contributed by atoms with E-state index >= 15 is 0 Å². The molecule has 106 valence electrons. The summed E-state index contributed by atoms with van der Waals surface area (Å²) in [5.41, 5.74) is -0.0702. The van der Waals surface area contributed by atoms with Crippen LogP contribution in [-0.4, -0.2) is 24.9 Å². The van der Waals surface area contributed by atoms with Crippen LogP contribution < -0.4 is 4.31 Å². The molecule has 0 aliphatic heterocycles. The van der Waals surface area contributed by atoms with Crippen molar-refractivity contribution in [2.24, 2.45) is 0 Å². The van der Waals surface area contributed by atoms with Crippen molar-refractivity contribution in [1.82, 2.24) is 0 Å². The highest BCUT2D eigenvalue weighted by Gasteiger charge is 2.21. The minimum atomic E-state index is -2.36. The van der Waals surface area contributed by atoms with Gasteiger partial charge in [-0.05, 0) is 39.5 Å². The van der Waals surface area contributed by atoms with E-state index in [0.717, 1.165) is 10.4 Å². The number of hydrogen-bond acceptors (Lipinski definition) is 4. The number of thiophene rings is 1. The molecule has 0 radical (unpaired) electrons. The Balaban J connectivity index is 2.52. The molecule has 0 saturated heterocycles. The average Bonchev–Trinajstić information content (AvgIpc) is 2.75. The third kappa shape index (κ3) is 2.85. The second kappa shape index (κ2) is 5.92. The van der Waals surface area contributed by atoms with Gasteiger partial charge in [0.25, 0.3) is 11.3 Å². The zero-order valence-corrected chi connectivity index (χ0v) is 12.9. The van der Waals surface area contributed by atoms with E-state index in [0.29, 0.717) is 9.47 Å². The summed E-state index contributed by atoms with van der Waals surface area (Å²) in [5, 5.41) is 20.7. The topological polar surface area (TPSA) is 98.1 Å². The van der Waals surface area contributed by atoms with Crippen LogP contribution in [0.5, 0.6) is 5.75 Å². The number of benzene rings is 1. The maximum atomic E-state index is 11.5. The van der Waals surface area contributed by atoms with Gasteiger partial charge >= 0.3 is 5.97 Å². The number of carbonyl (C=O) groups is 1. The van der Waals surface area contributed by atoms with Crippen LogP contribution in [0, 0.1) is 0 Å². The summed E-state index contributed by atoms with van der Waals surface area (Å²) in [5.74, 6) is -1.75. The predicted octanol–water partition coefficient (Wildman–Crippen LogP) is 3.19. The number of hydrogen-bond donors (Lipinski definition) is 3. The molecule has 1 unspecified atom stereocenters. The lowest BCUT2D eigenvalue weighted by Gasteiger charge is -2.19. The largest absolute Gasteiger partial charge is 0.507 e. The number of halogens is 1. The Kier molecular flexibility index (Phi) is 4.43. The standard InChI is InChI=1S/C11H8BrNO5S2/c12-8-3-4-19-10(8)13(20(17)18)6-1-2-7(11(15)16)9(14)5-6/h1-5,14H,(H,15,16)(H,17,18). The highest BCUT2D eigenvalue weighted by molar-refractivity contribution is 9.10. The zero-order valence-electron chi connectivity index (χ0n) is 9.69. The van der Waals surface area contributed by atoms with Crippen molar-refractivity contribution in [2.45, 2.75) is 0 Å². The second-order valence-corrected chi connectivity index (χ2v) is 6.18. The Bertz CT molecular complexity index is 687. The molecule has 2 rings (SSSR count). The van der Waals surface area contributed by atoms with Crippen LogP contribution in [0.1, 0.15) is 10.4 Å². The second-order valence-electron chi connectivity index (χ2n) is 3.61. The molecule has 9 heteroatoms. The number of carboxylic acid groups (broad SMARTS) is 1.